The number of halogens is 1. The number of ether oxygens (including phenoxy) is 1. The molecule has 0 bridgehead atoms. The lowest BCUT2D eigenvalue weighted by Gasteiger charge is -1.98. The SMILES string of the molecule is COc1ccc2[nH]c3cc[n+](C)cc3c2c1.[I-]. The second-order valence-electron chi connectivity index (χ2n) is 3.97. The van der Waals surface area contributed by atoms with Crippen LogP contribution in [0, 0.1) is 0 Å². The summed E-state index contributed by atoms with van der Waals surface area (Å²) in [7, 11) is 3.72. The molecule has 1 aromatic carbocycles. The summed E-state index contributed by atoms with van der Waals surface area (Å²) in [6.45, 7) is 0. The molecule has 0 spiro atoms. The zero-order chi connectivity index (χ0) is 11.1. The first-order valence-electron chi connectivity index (χ1n) is 5.22. The average Bonchev–Trinajstić information content (AvgIpc) is 2.66. The van der Waals surface area contributed by atoms with E-state index in [1.165, 1.54) is 10.8 Å². The summed E-state index contributed by atoms with van der Waals surface area (Å²) in [6.07, 6.45) is 4.16. The van der Waals surface area contributed by atoms with Crippen LogP contribution in [0.2, 0.25) is 0 Å². The highest BCUT2D eigenvalue weighted by atomic mass is 127. The Balaban J connectivity index is 0.00000108. The monoisotopic (exact) mass is 340 g/mol. The normalized spacial score (nSPS) is 10.5. The highest BCUT2D eigenvalue weighted by Gasteiger charge is 2.08. The number of hydrogen-bond acceptors (Lipinski definition) is 1. The van der Waals surface area contributed by atoms with E-state index in [0.717, 1.165) is 16.8 Å². The van der Waals surface area contributed by atoms with E-state index in [1.807, 2.05) is 25.4 Å². The van der Waals surface area contributed by atoms with Crippen molar-refractivity contribution in [2.75, 3.05) is 7.11 Å². The third-order valence-corrected chi connectivity index (χ3v) is 2.89. The second-order valence-corrected chi connectivity index (χ2v) is 3.97. The smallest absolute Gasteiger partial charge is 0.178 e. The fraction of sp³-hybridized carbons (Fsp3) is 0.154. The van der Waals surface area contributed by atoms with Gasteiger partial charge in [-0.3, -0.25) is 0 Å². The van der Waals surface area contributed by atoms with Crippen LogP contribution in [0.25, 0.3) is 21.8 Å². The van der Waals surface area contributed by atoms with Gasteiger partial charge in [-0.25, -0.2) is 4.57 Å². The Morgan fingerprint density at radius 3 is 2.65 bits per heavy atom. The van der Waals surface area contributed by atoms with Gasteiger partial charge in [0.25, 0.3) is 0 Å². The van der Waals surface area contributed by atoms with Gasteiger partial charge >= 0.3 is 0 Å². The molecule has 0 aliphatic rings. The molecule has 3 rings (SSSR count). The Hall–Kier alpha value is -1.30. The maximum absolute atomic E-state index is 5.25. The van der Waals surface area contributed by atoms with Gasteiger partial charge in [0, 0.05) is 17.0 Å². The Morgan fingerprint density at radius 1 is 1.12 bits per heavy atom. The van der Waals surface area contributed by atoms with Crippen molar-refractivity contribution in [1.29, 1.82) is 0 Å². The summed E-state index contributed by atoms with van der Waals surface area (Å²) < 4.78 is 7.30. The van der Waals surface area contributed by atoms with Crippen LogP contribution in [-0.4, -0.2) is 12.1 Å². The molecule has 0 saturated carbocycles. The van der Waals surface area contributed by atoms with Gasteiger partial charge in [0.05, 0.1) is 18.0 Å². The van der Waals surface area contributed by atoms with Gasteiger partial charge < -0.3 is 33.7 Å². The third kappa shape index (κ3) is 1.97. The number of H-pyrrole nitrogens is 1. The first kappa shape index (κ1) is 12.2. The van der Waals surface area contributed by atoms with Crippen molar-refractivity contribution in [3.63, 3.8) is 0 Å². The number of aryl methyl sites for hydroxylation is 1. The number of aromatic amines is 1. The quantitative estimate of drug-likeness (QED) is 0.454. The van der Waals surface area contributed by atoms with Crippen LogP contribution in [0.5, 0.6) is 5.75 Å². The summed E-state index contributed by atoms with van der Waals surface area (Å²) in [4.78, 5) is 3.39. The molecule has 2 heterocycles. The molecular formula is C13H13IN2O. The molecule has 0 atom stereocenters. The lowest BCUT2D eigenvalue weighted by atomic mass is 10.2. The summed E-state index contributed by atoms with van der Waals surface area (Å²) in [5, 5.41) is 2.42. The predicted octanol–water partition coefficient (Wildman–Crippen LogP) is -0.842. The van der Waals surface area contributed by atoms with Gasteiger partial charge in [0.15, 0.2) is 12.4 Å². The molecule has 0 unspecified atom stereocenters. The van der Waals surface area contributed by atoms with E-state index >= 15 is 0 Å². The average molecular weight is 340 g/mol. The maximum Gasteiger partial charge on any atom is 0.178 e. The van der Waals surface area contributed by atoms with Gasteiger partial charge in [-0.05, 0) is 18.2 Å². The molecule has 2 aromatic heterocycles. The van der Waals surface area contributed by atoms with Crippen molar-refractivity contribution in [1.82, 2.24) is 4.98 Å². The van der Waals surface area contributed by atoms with Crippen molar-refractivity contribution >= 4 is 21.8 Å². The molecule has 17 heavy (non-hydrogen) atoms. The van der Waals surface area contributed by atoms with Crippen LogP contribution in [0.1, 0.15) is 0 Å². The van der Waals surface area contributed by atoms with Crippen LogP contribution >= 0.6 is 0 Å². The number of nitrogens with one attached hydrogen (secondary N) is 1. The number of rotatable bonds is 1. The van der Waals surface area contributed by atoms with E-state index in [0.29, 0.717) is 0 Å². The Kier molecular flexibility index (Phi) is 3.24. The van der Waals surface area contributed by atoms with Gasteiger partial charge in [-0.15, -0.1) is 0 Å². The number of pyridine rings is 1. The van der Waals surface area contributed by atoms with Crippen molar-refractivity contribution in [3.05, 3.63) is 36.7 Å². The van der Waals surface area contributed by atoms with Crippen molar-refractivity contribution in [3.8, 4) is 5.75 Å². The van der Waals surface area contributed by atoms with Crippen LogP contribution in [0.3, 0.4) is 0 Å². The zero-order valence-corrected chi connectivity index (χ0v) is 11.9. The fourth-order valence-corrected chi connectivity index (χ4v) is 2.05. The van der Waals surface area contributed by atoms with Crippen LogP contribution < -0.4 is 33.3 Å². The molecular weight excluding hydrogens is 327 g/mol. The summed E-state index contributed by atoms with van der Waals surface area (Å²) in [6, 6.07) is 8.17. The van der Waals surface area contributed by atoms with E-state index in [2.05, 4.69) is 27.9 Å². The highest BCUT2D eigenvalue weighted by molar-refractivity contribution is 6.06. The Bertz CT molecular complexity index is 676. The molecule has 0 aliphatic carbocycles. The number of hydrogen-bond donors (Lipinski definition) is 1. The summed E-state index contributed by atoms with van der Waals surface area (Å²) >= 11 is 0. The number of benzene rings is 1. The van der Waals surface area contributed by atoms with E-state index in [4.69, 9.17) is 4.74 Å². The van der Waals surface area contributed by atoms with Gasteiger partial charge in [-0.2, -0.15) is 0 Å². The molecule has 0 saturated heterocycles. The van der Waals surface area contributed by atoms with Gasteiger partial charge in [0.1, 0.15) is 12.8 Å². The van der Waals surface area contributed by atoms with Gasteiger partial charge in [0.2, 0.25) is 0 Å². The van der Waals surface area contributed by atoms with E-state index in [9.17, 15) is 0 Å². The number of nitrogens with zero attached hydrogens (tertiary/aromatic N) is 1. The fourth-order valence-electron chi connectivity index (χ4n) is 2.05. The minimum Gasteiger partial charge on any atom is -1.00 e. The van der Waals surface area contributed by atoms with Crippen LogP contribution in [0.15, 0.2) is 36.7 Å². The number of fused-ring (bicyclic) bond motifs is 3. The number of aromatic nitrogens is 2. The molecule has 0 amide bonds. The second kappa shape index (κ2) is 4.52. The largest absolute Gasteiger partial charge is 1.00 e. The highest BCUT2D eigenvalue weighted by Crippen LogP contribution is 2.27. The van der Waals surface area contributed by atoms with E-state index in [-0.39, 0.29) is 24.0 Å². The van der Waals surface area contributed by atoms with Crippen LogP contribution in [0.4, 0.5) is 0 Å². The first-order chi connectivity index (χ1) is 7.78. The van der Waals surface area contributed by atoms with E-state index < -0.39 is 0 Å². The zero-order valence-electron chi connectivity index (χ0n) is 9.70. The lowest BCUT2D eigenvalue weighted by molar-refractivity contribution is -0.670. The molecule has 3 aromatic rings. The molecule has 3 nitrogen and oxygen atoms in total. The molecule has 88 valence electrons. The minimum absolute atomic E-state index is 0. The Morgan fingerprint density at radius 2 is 1.88 bits per heavy atom. The third-order valence-electron chi connectivity index (χ3n) is 2.89. The topological polar surface area (TPSA) is 28.9 Å². The summed E-state index contributed by atoms with van der Waals surface area (Å²) in [5.41, 5.74) is 2.29. The molecule has 0 fully saturated rings. The van der Waals surface area contributed by atoms with Crippen molar-refractivity contribution < 1.29 is 33.3 Å². The first-order valence-corrected chi connectivity index (χ1v) is 5.22. The predicted molar refractivity (Wildman–Crippen MR) is 63.5 cm³/mol. The standard InChI is InChI=1S/C13H12N2O.HI/c1-15-6-5-13-11(8-15)10-7-9(16-2)3-4-12(10)14-13;/h3-8H,1-2H3;1H. The van der Waals surface area contributed by atoms with Gasteiger partial charge in [-0.1, -0.05) is 0 Å². The summed E-state index contributed by atoms with van der Waals surface area (Å²) in [5.74, 6) is 0.889. The van der Waals surface area contributed by atoms with E-state index in [1.54, 1.807) is 7.11 Å². The molecule has 1 N–H and O–H groups in total. The maximum atomic E-state index is 5.25. The molecule has 4 heteroatoms. The molecule has 0 aliphatic heterocycles. The van der Waals surface area contributed by atoms with Crippen molar-refractivity contribution in [2.24, 2.45) is 7.05 Å². The molecule has 0 radical (unpaired) electrons. The number of methoxy groups -OCH3 is 1. The Labute approximate surface area is 116 Å². The lowest BCUT2D eigenvalue weighted by Crippen LogP contribution is -3.00. The minimum atomic E-state index is 0. The van der Waals surface area contributed by atoms with Crippen LogP contribution in [-0.2, 0) is 7.05 Å². The van der Waals surface area contributed by atoms with Crippen molar-refractivity contribution in [2.45, 2.75) is 0 Å².